The molecule has 6 heteroatoms. The molecule has 0 bridgehead atoms. The summed E-state index contributed by atoms with van der Waals surface area (Å²) < 4.78 is 38.2. The second kappa shape index (κ2) is 4.29. The number of halogens is 3. The van der Waals surface area contributed by atoms with Crippen LogP contribution in [0.4, 0.5) is 13.2 Å². The summed E-state index contributed by atoms with van der Waals surface area (Å²) in [5.74, 6) is 0. The summed E-state index contributed by atoms with van der Waals surface area (Å²) in [4.78, 5) is 13.4. The van der Waals surface area contributed by atoms with Crippen LogP contribution in [0, 0.1) is 0 Å². The molecule has 2 nitrogen and oxygen atoms in total. The summed E-state index contributed by atoms with van der Waals surface area (Å²) in [6, 6.07) is 7.99. The van der Waals surface area contributed by atoms with Crippen molar-refractivity contribution in [3.63, 3.8) is 0 Å². The van der Waals surface area contributed by atoms with Crippen LogP contribution in [0.2, 0.25) is 0 Å². The molecule has 2 aromatic rings. The average molecular weight is 257 g/mol. The van der Waals surface area contributed by atoms with Crippen LogP contribution in [0.3, 0.4) is 0 Å². The van der Waals surface area contributed by atoms with Crippen LogP contribution >= 0.6 is 11.3 Å². The third kappa shape index (κ3) is 2.36. The summed E-state index contributed by atoms with van der Waals surface area (Å²) >= 11 is 0.357. The van der Waals surface area contributed by atoms with Crippen molar-refractivity contribution in [3.8, 4) is 11.3 Å². The Morgan fingerprint density at radius 1 is 1.18 bits per heavy atom. The molecule has 0 spiro atoms. The van der Waals surface area contributed by atoms with Crippen molar-refractivity contribution in [3.05, 3.63) is 40.2 Å². The maximum Gasteiger partial charge on any atom is 0.427 e. The van der Waals surface area contributed by atoms with E-state index < -0.39 is 11.1 Å². The Morgan fingerprint density at radius 2 is 1.82 bits per heavy atom. The first-order chi connectivity index (χ1) is 8.02. The van der Waals surface area contributed by atoms with Crippen molar-refractivity contribution in [2.75, 3.05) is 0 Å². The van der Waals surface area contributed by atoms with E-state index in [2.05, 4.69) is 4.98 Å². The molecule has 0 N–H and O–H groups in total. The molecule has 0 fully saturated rings. The summed E-state index contributed by atoms with van der Waals surface area (Å²) in [6.07, 6.45) is -4.17. The van der Waals surface area contributed by atoms with Gasteiger partial charge in [0.1, 0.15) is 4.88 Å². The van der Waals surface area contributed by atoms with E-state index in [0.29, 0.717) is 23.2 Å². The molecular weight excluding hydrogens is 251 g/mol. The first-order valence-electron chi connectivity index (χ1n) is 4.61. The largest absolute Gasteiger partial charge is 0.427 e. The van der Waals surface area contributed by atoms with Crippen LogP contribution in [-0.4, -0.2) is 11.3 Å². The number of hydrogen-bond donors (Lipinski definition) is 0. The van der Waals surface area contributed by atoms with E-state index in [1.54, 1.807) is 18.2 Å². The van der Waals surface area contributed by atoms with Crippen LogP contribution in [0.25, 0.3) is 11.3 Å². The van der Waals surface area contributed by atoms with Gasteiger partial charge in [0.15, 0.2) is 11.3 Å². The first kappa shape index (κ1) is 11.8. The molecule has 0 saturated carbocycles. The van der Waals surface area contributed by atoms with E-state index in [0.717, 1.165) is 0 Å². The van der Waals surface area contributed by atoms with Crippen molar-refractivity contribution >= 4 is 17.6 Å². The molecule has 1 heterocycles. The maximum absolute atomic E-state index is 12.7. The Balaban J connectivity index is 2.61. The van der Waals surface area contributed by atoms with Gasteiger partial charge in [-0.05, 0) is 0 Å². The number of aldehydes is 1. The molecule has 0 saturated heterocycles. The summed E-state index contributed by atoms with van der Waals surface area (Å²) in [5.41, 5.74) is 0.161. The monoisotopic (exact) mass is 257 g/mol. The highest BCUT2D eigenvalue weighted by molar-refractivity contribution is 7.13. The fourth-order valence-corrected chi connectivity index (χ4v) is 2.14. The van der Waals surface area contributed by atoms with Gasteiger partial charge in [-0.15, -0.1) is 11.3 Å². The predicted octanol–water partition coefficient (Wildman–Crippen LogP) is 3.64. The van der Waals surface area contributed by atoms with E-state index in [1.165, 1.54) is 12.1 Å². The standard InChI is InChI=1S/C11H6F3NOS/c12-11(13,14)10-9(15-8(6-16)17-10)7-4-2-1-3-5-7/h1-6H. The first-order valence-corrected chi connectivity index (χ1v) is 5.42. The van der Waals surface area contributed by atoms with Gasteiger partial charge >= 0.3 is 6.18 Å². The lowest BCUT2D eigenvalue weighted by Gasteiger charge is -2.05. The highest BCUT2D eigenvalue weighted by Crippen LogP contribution is 2.40. The van der Waals surface area contributed by atoms with Gasteiger partial charge in [0.2, 0.25) is 0 Å². The lowest BCUT2D eigenvalue weighted by Crippen LogP contribution is -2.03. The highest BCUT2D eigenvalue weighted by atomic mass is 32.1. The molecule has 0 radical (unpaired) electrons. The second-order valence-corrected chi connectivity index (χ2v) is 4.24. The van der Waals surface area contributed by atoms with Crippen LogP contribution in [0.1, 0.15) is 14.7 Å². The SMILES string of the molecule is O=Cc1nc(-c2ccccc2)c(C(F)(F)F)s1. The summed E-state index contributed by atoms with van der Waals surface area (Å²) in [5, 5.41) is -0.170. The van der Waals surface area contributed by atoms with Crippen LogP contribution in [0.15, 0.2) is 30.3 Å². The number of carbonyl (C=O) groups is 1. The number of nitrogens with zero attached hydrogens (tertiary/aromatic N) is 1. The molecule has 0 atom stereocenters. The minimum absolute atomic E-state index is 0.170. The molecule has 88 valence electrons. The zero-order chi connectivity index (χ0) is 12.5. The molecule has 1 aromatic carbocycles. The molecule has 0 aliphatic carbocycles. The van der Waals surface area contributed by atoms with Gasteiger partial charge in [0.05, 0.1) is 5.69 Å². The molecule has 0 aliphatic rings. The third-order valence-electron chi connectivity index (χ3n) is 2.05. The molecule has 0 aliphatic heterocycles. The Labute approximate surface area is 98.7 Å². The van der Waals surface area contributed by atoms with Gasteiger partial charge in [-0.3, -0.25) is 4.79 Å². The topological polar surface area (TPSA) is 30.0 Å². The fraction of sp³-hybridized carbons (Fsp3) is 0.0909. The normalized spacial score (nSPS) is 11.5. The van der Waals surface area contributed by atoms with Crippen molar-refractivity contribution in [2.45, 2.75) is 6.18 Å². The van der Waals surface area contributed by atoms with Gasteiger partial charge in [0.25, 0.3) is 0 Å². The van der Waals surface area contributed by atoms with Crippen LogP contribution in [-0.2, 0) is 6.18 Å². The number of benzene rings is 1. The predicted molar refractivity (Wildman–Crippen MR) is 57.9 cm³/mol. The molecule has 17 heavy (non-hydrogen) atoms. The molecule has 1 aromatic heterocycles. The number of alkyl halides is 3. The van der Waals surface area contributed by atoms with Crippen molar-refractivity contribution in [1.82, 2.24) is 4.98 Å². The Kier molecular flexibility index (Phi) is 2.97. The summed E-state index contributed by atoms with van der Waals surface area (Å²) in [7, 11) is 0. The van der Waals surface area contributed by atoms with Gasteiger partial charge in [0, 0.05) is 5.56 Å². The van der Waals surface area contributed by atoms with Crippen LogP contribution in [0.5, 0.6) is 0 Å². The fourth-order valence-electron chi connectivity index (χ4n) is 1.37. The Morgan fingerprint density at radius 3 is 2.35 bits per heavy atom. The molecule has 0 unspecified atom stereocenters. The van der Waals surface area contributed by atoms with Gasteiger partial charge in [-0.25, -0.2) is 4.98 Å². The minimum Gasteiger partial charge on any atom is -0.295 e. The van der Waals surface area contributed by atoms with Gasteiger partial charge < -0.3 is 0 Å². The van der Waals surface area contributed by atoms with E-state index in [1.807, 2.05) is 0 Å². The van der Waals surface area contributed by atoms with Crippen molar-refractivity contribution < 1.29 is 18.0 Å². The molecule has 2 rings (SSSR count). The number of thiazole rings is 1. The van der Waals surface area contributed by atoms with E-state index in [4.69, 9.17) is 0 Å². The van der Waals surface area contributed by atoms with Crippen molar-refractivity contribution in [1.29, 1.82) is 0 Å². The van der Waals surface area contributed by atoms with Gasteiger partial charge in [-0.1, -0.05) is 30.3 Å². The second-order valence-electron chi connectivity index (χ2n) is 3.21. The maximum atomic E-state index is 12.7. The van der Waals surface area contributed by atoms with Crippen LogP contribution < -0.4 is 0 Å². The van der Waals surface area contributed by atoms with E-state index in [9.17, 15) is 18.0 Å². The average Bonchev–Trinajstić information content (AvgIpc) is 2.74. The van der Waals surface area contributed by atoms with Crippen molar-refractivity contribution in [2.24, 2.45) is 0 Å². The Hall–Kier alpha value is -1.69. The lowest BCUT2D eigenvalue weighted by molar-refractivity contribution is -0.134. The Bertz CT molecular complexity index is 533. The number of aromatic nitrogens is 1. The van der Waals surface area contributed by atoms with E-state index in [-0.39, 0.29) is 10.7 Å². The number of hydrogen-bond acceptors (Lipinski definition) is 3. The number of rotatable bonds is 2. The number of carbonyl (C=O) groups excluding carboxylic acids is 1. The quantitative estimate of drug-likeness (QED) is 0.769. The molecule has 0 amide bonds. The smallest absolute Gasteiger partial charge is 0.295 e. The van der Waals surface area contributed by atoms with E-state index >= 15 is 0 Å². The zero-order valence-electron chi connectivity index (χ0n) is 8.36. The third-order valence-corrected chi connectivity index (χ3v) is 3.07. The lowest BCUT2D eigenvalue weighted by atomic mass is 10.1. The highest BCUT2D eigenvalue weighted by Gasteiger charge is 2.37. The minimum atomic E-state index is -4.50. The van der Waals surface area contributed by atoms with Gasteiger partial charge in [-0.2, -0.15) is 13.2 Å². The molecular formula is C11H6F3NOS. The summed E-state index contributed by atoms with van der Waals surface area (Å²) in [6.45, 7) is 0. The zero-order valence-corrected chi connectivity index (χ0v) is 9.18.